The Bertz CT molecular complexity index is 538. The zero-order valence-corrected chi connectivity index (χ0v) is 11.4. The molecule has 106 valence electrons. The van der Waals surface area contributed by atoms with Crippen LogP contribution in [0.4, 0.5) is 5.69 Å². The van der Waals surface area contributed by atoms with Gasteiger partial charge in [0.05, 0.1) is 0 Å². The van der Waals surface area contributed by atoms with Gasteiger partial charge < -0.3 is 16.0 Å². The highest BCUT2D eigenvalue weighted by molar-refractivity contribution is 5.97. The number of rotatable bonds is 5. The van der Waals surface area contributed by atoms with Gasteiger partial charge in [0.2, 0.25) is 5.91 Å². The molecule has 2 aliphatic rings. The number of fused-ring (bicyclic) bond motifs is 1. The van der Waals surface area contributed by atoms with E-state index < -0.39 is 0 Å². The first kappa shape index (κ1) is 13.1. The Labute approximate surface area is 118 Å². The molecule has 0 bridgehead atoms. The summed E-state index contributed by atoms with van der Waals surface area (Å²) in [6.45, 7) is 1.46. The topological polar surface area (TPSA) is 70.2 Å². The highest BCUT2D eigenvalue weighted by Gasteiger charge is 2.20. The van der Waals surface area contributed by atoms with E-state index in [2.05, 4.69) is 16.0 Å². The van der Waals surface area contributed by atoms with Crippen molar-refractivity contribution in [2.45, 2.75) is 31.7 Å². The standard InChI is InChI=1S/C15H19N3O2/c19-14-6-2-10-9-11(1-5-13(10)18-14)15(20)17-8-7-16-12-3-4-12/h1,5,9,12,16H,2-4,6-8H2,(H,17,20)(H,18,19). The molecule has 0 spiro atoms. The molecule has 0 unspecified atom stereocenters. The van der Waals surface area contributed by atoms with E-state index in [1.54, 1.807) is 6.07 Å². The van der Waals surface area contributed by atoms with E-state index in [0.717, 1.165) is 17.8 Å². The van der Waals surface area contributed by atoms with Crippen molar-refractivity contribution in [1.82, 2.24) is 10.6 Å². The SMILES string of the molecule is O=C1CCc2cc(C(=O)NCCNC3CC3)ccc2N1. The van der Waals surface area contributed by atoms with Crippen molar-refractivity contribution in [2.75, 3.05) is 18.4 Å². The van der Waals surface area contributed by atoms with Gasteiger partial charge in [0, 0.05) is 36.8 Å². The molecular formula is C15H19N3O2. The Morgan fingerprint density at radius 2 is 2.10 bits per heavy atom. The number of hydrogen-bond donors (Lipinski definition) is 3. The Morgan fingerprint density at radius 1 is 1.25 bits per heavy atom. The molecular weight excluding hydrogens is 254 g/mol. The second-order valence-electron chi connectivity index (χ2n) is 5.40. The zero-order valence-electron chi connectivity index (χ0n) is 11.4. The molecule has 0 aromatic heterocycles. The monoisotopic (exact) mass is 273 g/mol. The van der Waals surface area contributed by atoms with Crippen molar-refractivity contribution in [1.29, 1.82) is 0 Å². The number of carbonyl (C=O) groups excluding carboxylic acids is 2. The van der Waals surface area contributed by atoms with Gasteiger partial charge in [-0.3, -0.25) is 9.59 Å². The summed E-state index contributed by atoms with van der Waals surface area (Å²) in [4.78, 5) is 23.3. The van der Waals surface area contributed by atoms with Crippen LogP contribution in [0.5, 0.6) is 0 Å². The van der Waals surface area contributed by atoms with Crippen LogP contribution in [0.25, 0.3) is 0 Å². The summed E-state index contributed by atoms with van der Waals surface area (Å²) in [5, 5.41) is 9.08. The maximum Gasteiger partial charge on any atom is 0.251 e. The number of anilines is 1. The van der Waals surface area contributed by atoms with E-state index in [-0.39, 0.29) is 11.8 Å². The van der Waals surface area contributed by atoms with E-state index in [0.29, 0.717) is 31.0 Å². The van der Waals surface area contributed by atoms with Gasteiger partial charge >= 0.3 is 0 Å². The molecule has 1 heterocycles. The fraction of sp³-hybridized carbons (Fsp3) is 0.467. The maximum absolute atomic E-state index is 12.0. The Balaban J connectivity index is 1.55. The average molecular weight is 273 g/mol. The third-order valence-corrected chi connectivity index (χ3v) is 3.68. The minimum Gasteiger partial charge on any atom is -0.351 e. The van der Waals surface area contributed by atoms with E-state index in [4.69, 9.17) is 0 Å². The summed E-state index contributed by atoms with van der Waals surface area (Å²) in [7, 11) is 0. The minimum atomic E-state index is -0.0534. The van der Waals surface area contributed by atoms with E-state index in [1.807, 2.05) is 12.1 Å². The predicted octanol–water partition coefficient (Wildman–Crippen LogP) is 1.05. The van der Waals surface area contributed by atoms with Gasteiger partial charge in [0.15, 0.2) is 0 Å². The summed E-state index contributed by atoms with van der Waals surface area (Å²) in [5.74, 6) is -0.0110. The van der Waals surface area contributed by atoms with Gasteiger partial charge in [-0.25, -0.2) is 0 Å². The Morgan fingerprint density at radius 3 is 2.90 bits per heavy atom. The molecule has 5 nitrogen and oxygen atoms in total. The van der Waals surface area contributed by atoms with Crippen LogP contribution < -0.4 is 16.0 Å². The van der Waals surface area contributed by atoms with Gasteiger partial charge in [0.1, 0.15) is 0 Å². The lowest BCUT2D eigenvalue weighted by atomic mass is 10.00. The Hall–Kier alpha value is -1.88. The second-order valence-corrected chi connectivity index (χ2v) is 5.40. The normalized spacial score (nSPS) is 17.3. The fourth-order valence-corrected chi connectivity index (χ4v) is 2.37. The lowest BCUT2D eigenvalue weighted by Gasteiger charge is -2.17. The van der Waals surface area contributed by atoms with Crippen molar-refractivity contribution in [3.05, 3.63) is 29.3 Å². The molecule has 3 rings (SSSR count). The summed E-state index contributed by atoms with van der Waals surface area (Å²) in [5.41, 5.74) is 2.52. The van der Waals surface area contributed by atoms with Crippen LogP contribution in [0, 0.1) is 0 Å². The molecule has 2 amide bonds. The van der Waals surface area contributed by atoms with Gasteiger partial charge in [-0.2, -0.15) is 0 Å². The summed E-state index contributed by atoms with van der Waals surface area (Å²) in [6, 6.07) is 6.11. The van der Waals surface area contributed by atoms with Crippen LogP contribution in [0.2, 0.25) is 0 Å². The summed E-state index contributed by atoms with van der Waals surface area (Å²) < 4.78 is 0. The molecule has 3 N–H and O–H groups in total. The summed E-state index contributed by atoms with van der Waals surface area (Å²) in [6.07, 6.45) is 3.70. The van der Waals surface area contributed by atoms with Crippen molar-refractivity contribution >= 4 is 17.5 Å². The number of nitrogens with one attached hydrogen (secondary N) is 3. The molecule has 0 atom stereocenters. The van der Waals surface area contributed by atoms with Crippen LogP contribution in [0.1, 0.15) is 35.2 Å². The highest BCUT2D eigenvalue weighted by atomic mass is 16.2. The molecule has 1 aromatic rings. The number of amides is 2. The zero-order chi connectivity index (χ0) is 13.9. The molecule has 0 saturated heterocycles. The van der Waals surface area contributed by atoms with E-state index in [9.17, 15) is 9.59 Å². The van der Waals surface area contributed by atoms with Crippen LogP contribution in [-0.4, -0.2) is 30.9 Å². The summed E-state index contributed by atoms with van der Waals surface area (Å²) >= 11 is 0. The van der Waals surface area contributed by atoms with Crippen molar-refractivity contribution in [2.24, 2.45) is 0 Å². The molecule has 1 fully saturated rings. The van der Waals surface area contributed by atoms with E-state index in [1.165, 1.54) is 12.8 Å². The number of hydrogen-bond acceptors (Lipinski definition) is 3. The molecule has 1 aromatic carbocycles. The van der Waals surface area contributed by atoms with Crippen molar-refractivity contribution in [3.8, 4) is 0 Å². The van der Waals surface area contributed by atoms with Crippen LogP contribution in [-0.2, 0) is 11.2 Å². The first-order valence-corrected chi connectivity index (χ1v) is 7.17. The fourth-order valence-electron chi connectivity index (χ4n) is 2.37. The molecule has 1 aliphatic carbocycles. The number of carbonyl (C=O) groups is 2. The van der Waals surface area contributed by atoms with Crippen LogP contribution in [0.15, 0.2) is 18.2 Å². The first-order chi connectivity index (χ1) is 9.72. The van der Waals surface area contributed by atoms with E-state index >= 15 is 0 Å². The second kappa shape index (κ2) is 5.63. The molecule has 1 saturated carbocycles. The van der Waals surface area contributed by atoms with Crippen molar-refractivity contribution in [3.63, 3.8) is 0 Å². The molecule has 20 heavy (non-hydrogen) atoms. The lowest BCUT2D eigenvalue weighted by molar-refractivity contribution is -0.116. The molecule has 5 heteroatoms. The van der Waals surface area contributed by atoms with Gasteiger partial charge in [0.25, 0.3) is 5.91 Å². The lowest BCUT2D eigenvalue weighted by Crippen LogP contribution is -2.32. The largest absolute Gasteiger partial charge is 0.351 e. The Kier molecular flexibility index (Phi) is 3.69. The smallest absolute Gasteiger partial charge is 0.251 e. The van der Waals surface area contributed by atoms with Crippen molar-refractivity contribution < 1.29 is 9.59 Å². The van der Waals surface area contributed by atoms with Crippen LogP contribution >= 0.6 is 0 Å². The van der Waals surface area contributed by atoms with Gasteiger partial charge in [-0.15, -0.1) is 0 Å². The quantitative estimate of drug-likeness (QED) is 0.702. The first-order valence-electron chi connectivity index (χ1n) is 7.17. The molecule has 0 radical (unpaired) electrons. The minimum absolute atomic E-state index is 0.0425. The highest BCUT2D eigenvalue weighted by Crippen LogP contribution is 2.23. The van der Waals surface area contributed by atoms with Crippen LogP contribution in [0.3, 0.4) is 0 Å². The third-order valence-electron chi connectivity index (χ3n) is 3.68. The third kappa shape index (κ3) is 3.17. The van der Waals surface area contributed by atoms with Gasteiger partial charge in [-0.05, 0) is 43.0 Å². The average Bonchev–Trinajstić information content (AvgIpc) is 3.27. The number of aryl methyl sites for hydroxylation is 1. The maximum atomic E-state index is 12.0. The van der Waals surface area contributed by atoms with Gasteiger partial charge in [-0.1, -0.05) is 0 Å². The number of benzene rings is 1. The molecule has 1 aliphatic heterocycles. The predicted molar refractivity (Wildman–Crippen MR) is 76.8 cm³/mol.